The number of nitrogens with one attached hydrogen (secondary N) is 2. The van der Waals surface area contributed by atoms with Crippen LogP contribution in [0.1, 0.15) is 24.1 Å². The van der Waals surface area contributed by atoms with Gasteiger partial charge >= 0.3 is 0 Å². The van der Waals surface area contributed by atoms with Gasteiger partial charge in [0.1, 0.15) is 33.7 Å². The Hall–Kier alpha value is -3.91. The summed E-state index contributed by atoms with van der Waals surface area (Å²) in [7, 11) is 0. The van der Waals surface area contributed by atoms with E-state index in [9.17, 15) is 9.18 Å². The molecule has 1 unspecified atom stereocenters. The highest BCUT2D eigenvalue weighted by molar-refractivity contribution is 7.10. The number of hydrogen-bond donors (Lipinski definition) is 3. The number of aromatic nitrogens is 1. The lowest BCUT2D eigenvalue weighted by Gasteiger charge is -2.10. The summed E-state index contributed by atoms with van der Waals surface area (Å²) in [5.41, 5.74) is 7.68. The van der Waals surface area contributed by atoms with Crippen molar-refractivity contribution >= 4 is 28.1 Å². The highest BCUT2D eigenvalue weighted by Gasteiger charge is 2.16. The first-order chi connectivity index (χ1) is 15.5. The Bertz CT molecular complexity index is 1270. The summed E-state index contributed by atoms with van der Waals surface area (Å²) in [6.45, 7) is 1.83. The zero-order valence-corrected chi connectivity index (χ0v) is 18.0. The molecule has 1 atom stereocenters. The van der Waals surface area contributed by atoms with Crippen LogP contribution >= 0.6 is 11.5 Å². The smallest absolute Gasteiger partial charge is 0.271 e. The van der Waals surface area contributed by atoms with Crippen LogP contribution in [0.5, 0.6) is 11.5 Å². The van der Waals surface area contributed by atoms with Gasteiger partial charge in [-0.05, 0) is 72.6 Å². The Morgan fingerprint density at radius 1 is 1.03 bits per heavy atom. The fraction of sp³-hybridized carbons (Fsp3) is 0.0833. The summed E-state index contributed by atoms with van der Waals surface area (Å²) in [4.78, 5) is 16.8. The van der Waals surface area contributed by atoms with Gasteiger partial charge in [-0.1, -0.05) is 30.3 Å². The third-order valence-electron chi connectivity index (χ3n) is 4.73. The van der Waals surface area contributed by atoms with Crippen molar-refractivity contribution in [3.8, 4) is 11.5 Å². The number of rotatable bonds is 7. The third kappa shape index (κ3) is 5.04. The molecule has 4 N–H and O–H groups in total. The topological polar surface area (TPSA) is 92.5 Å². The molecule has 1 aromatic heterocycles. The minimum absolute atomic E-state index is 0.107. The number of aliphatic imine (C=N–C) groups is 1. The molecule has 6 nitrogen and oxygen atoms in total. The predicted molar refractivity (Wildman–Crippen MR) is 127 cm³/mol. The molecule has 4 rings (SSSR count). The largest absolute Gasteiger partial charge is 0.457 e. The maximum Gasteiger partial charge on any atom is 0.271 e. The second kappa shape index (κ2) is 9.49. The van der Waals surface area contributed by atoms with Crippen molar-refractivity contribution in [1.82, 2.24) is 4.37 Å². The second-order valence-corrected chi connectivity index (χ2v) is 7.86. The average Bonchev–Trinajstić information content (AvgIpc) is 3.16. The molecule has 0 bridgehead atoms. The van der Waals surface area contributed by atoms with E-state index in [4.69, 9.17) is 10.5 Å². The zero-order chi connectivity index (χ0) is 22.5. The third-order valence-corrected chi connectivity index (χ3v) is 5.53. The Morgan fingerprint density at radius 2 is 1.69 bits per heavy atom. The number of halogens is 1. The highest BCUT2D eigenvalue weighted by atomic mass is 32.1. The summed E-state index contributed by atoms with van der Waals surface area (Å²) in [6, 6.07) is 22.5. The van der Waals surface area contributed by atoms with Crippen LogP contribution in [0, 0.1) is 5.82 Å². The Labute approximate surface area is 188 Å². The Morgan fingerprint density at radius 3 is 2.38 bits per heavy atom. The predicted octanol–water partition coefficient (Wildman–Crippen LogP) is 5.58. The van der Waals surface area contributed by atoms with Gasteiger partial charge in [-0.15, -0.1) is 0 Å². The van der Waals surface area contributed by atoms with Gasteiger partial charge in [0.15, 0.2) is 0 Å². The van der Waals surface area contributed by atoms with Gasteiger partial charge in [0.25, 0.3) is 5.56 Å². The lowest BCUT2D eigenvalue weighted by Crippen LogP contribution is -2.23. The van der Waals surface area contributed by atoms with Crippen LogP contribution in [0.4, 0.5) is 15.1 Å². The van der Waals surface area contributed by atoms with E-state index in [1.807, 2.05) is 61.5 Å². The lowest BCUT2D eigenvalue weighted by atomic mass is 10.1. The van der Waals surface area contributed by atoms with Gasteiger partial charge in [-0.25, -0.2) is 4.39 Å². The molecule has 0 saturated carbocycles. The van der Waals surface area contributed by atoms with Crippen LogP contribution in [-0.2, 0) is 0 Å². The average molecular weight is 449 g/mol. The van der Waals surface area contributed by atoms with E-state index in [-0.39, 0.29) is 28.8 Å². The standard InChI is InChI=1S/C24H21FN4O2S/c1-15(16-7-9-17(25)10-8-16)27-22(26)21-23(30)29-32-24(21)28-18-11-13-20(14-12-18)31-19-5-3-2-4-6-19/h2-15,28H,1H3,(H2,26,27)(H,29,30). The molecule has 0 radical (unpaired) electrons. The minimum atomic E-state index is -0.336. The molecule has 32 heavy (non-hydrogen) atoms. The monoisotopic (exact) mass is 448 g/mol. The molecule has 162 valence electrons. The first-order valence-corrected chi connectivity index (χ1v) is 10.7. The molecule has 0 spiro atoms. The van der Waals surface area contributed by atoms with Crippen molar-refractivity contribution in [1.29, 1.82) is 0 Å². The quantitative estimate of drug-likeness (QED) is 0.254. The van der Waals surface area contributed by atoms with E-state index in [1.54, 1.807) is 12.1 Å². The summed E-state index contributed by atoms with van der Waals surface area (Å²) in [5.74, 6) is 1.23. The number of nitrogens with zero attached hydrogens (tertiary/aromatic N) is 1. The van der Waals surface area contributed by atoms with Gasteiger partial charge in [-0.2, -0.15) is 0 Å². The van der Waals surface area contributed by atoms with E-state index in [0.717, 1.165) is 28.5 Å². The van der Waals surface area contributed by atoms with E-state index >= 15 is 0 Å². The van der Waals surface area contributed by atoms with Gasteiger partial charge in [0, 0.05) is 5.69 Å². The highest BCUT2D eigenvalue weighted by Crippen LogP contribution is 2.27. The SMILES string of the molecule is CC(N=C(N)c1c(Nc2ccc(Oc3ccccc3)cc2)s[nH]c1=O)c1ccc(F)cc1. The second-order valence-electron chi connectivity index (χ2n) is 7.04. The van der Waals surface area contributed by atoms with Gasteiger partial charge in [0.05, 0.1) is 6.04 Å². The van der Waals surface area contributed by atoms with Crippen LogP contribution in [0.15, 0.2) is 88.6 Å². The zero-order valence-electron chi connectivity index (χ0n) is 17.2. The maximum atomic E-state index is 13.2. The maximum absolute atomic E-state index is 13.2. The van der Waals surface area contributed by atoms with Crippen molar-refractivity contribution in [2.75, 3.05) is 5.32 Å². The summed E-state index contributed by atoms with van der Waals surface area (Å²) in [6.07, 6.45) is 0. The number of nitrogens with two attached hydrogens (primary N) is 1. The molecule has 0 amide bonds. The normalized spacial score (nSPS) is 12.4. The number of amidine groups is 1. The van der Waals surface area contributed by atoms with Crippen molar-refractivity contribution < 1.29 is 9.13 Å². The van der Waals surface area contributed by atoms with Crippen molar-refractivity contribution in [3.05, 3.63) is 106 Å². The van der Waals surface area contributed by atoms with Crippen LogP contribution in [-0.4, -0.2) is 10.2 Å². The van der Waals surface area contributed by atoms with Crippen LogP contribution in [0.3, 0.4) is 0 Å². The van der Waals surface area contributed by atoms with Crippen LogP contribution in [0.25, 0.3) is 0 Å². The summed E-state index contributed by atoms with van der Waals surface area (Å²) >= 11 is 1.14. The molecule has 1 heterocycles. The van der Waals surface area contributed by atoms with Gasteiger partial charge in [0.2, 0.25) is 0 Å². The van der Waals surface area contributed by atoms with E-state index in [0.29, 0.717) is 10.8 Å². The molecule has 4 aromatic rings. The van der Waals surface area contributed by atoms with Crippen LogP contribution in [0.2, 0.25) is 0 Å². The molecular formula is C24H21FN4O2S. The lowest BCUT2D eigenvalue weighted by molar-refractivity contribution is 0.483. The fourth-order valence-corrected chi connectivity index (χ4v) is 3.84. The number of aromatic amines is 1. The minimum Gasteiger partial charge on any atom is -0.457 e. The molecule has 0 aliphatic rings. The number of anilines is 2. The Kier molecular flexibility index (Phi) is 6.32. The Balaban J connectivity index is 1.51. The molecule has 8 heteroatoms. The number of hydrogen-bond acceptors (Lipinski definition) is 5. The number of H-pyrrole nitrogens is 1. The molecule has 3 aromatic carbocycles. The van der Waals surface area contributed by atoms with Crippen molar-refractivity contribution in [3.63, 3.8) is 0 Å². The van der Waals surface area contributed by atoms with Gasteiger partial charge < -0.3 is 15.8 Å². The van der Waals surface area contributed by atoms with Gasteiger partial charge in [-0.3, -0.25) is 14.2 Å². The van der Waals surface area contributed by atoms with Crippen LogP contribution < -0.4 is 21.3 Å². The molecular weight excluding hydrogens is 427 g/mol. The number of para-hydroxylation sites is 1. The molecule has 0 saturated heterocycles. The van der Waals surface area contributed by atoms with E-state index in [1.165, 1.54) is 12.1 Å². The first kappa shape index (κ1) is 21.3. The number of ether oxygens (including phenoxy) is 1. The summed E-state index contributed by atoms with van der Waals surface area (Å²) in [5, 5.41) is 3.76. The van der Waals surface area contributed by atoms with Crippen molar-refractivity contribution in [2.45, 2.75) is 13.0 Å². The first-order valence-electron chi connectivity index (χ1n) is 9.90. The van der Waals surface area contributed by atoms with Crippen molar-refractivity contribution in [2.24, 2.45) is 10.7 Å². The van der Waals surface area contributed by atoms with E-state index in [2.05, 4.69) is 14.7 Å². The summed E-state index contributed by atoms with van der Waals surface area (Å²) < 4.78 is 21.7. The molecule has 0 fully saturated rings. The molecule has 0 aliphatic carbocycles. The fourth-order valence-electron chi connectivity index (χ4n) is 3.07. The van der Waals surface area contributed by atoms with E-state index < -0.39 is 0 Å². The molecule has 0 aliphatic heterocycles. The number of benzene rings is 3.